The zero-order valence-electron chi connectivity index (χ0n) is 19.3. The molecule has 0 unspecified atom stereocenters. The standard InChI is InChI=1S/C25H22ClF2N7O/c1-14-3-4-16(26)13-21(14)32-22(36)15(2)29-23-33-24(30-19-9-5-17(27)6-10-19)35-25(34-23)31-20-11-7-18(28)8-12-20/h3-13,15H,1-2H3,(H,32,36)(H3,29,30,31,33,34,35)/t15-/m0/s1. The quantitative estimate of drug-likeness (QED) is 0.229. The van der Waals surface area contributed by atoms with Crippen molar-refractivity contribution in [3.05, 3.63) is 89.0 Å². The number of carbonyl (C=O) groups excluding carboxylic acids is 1. The second kappa shape index (κ2) is 11.0. The number of aromatic nitrogens is 3. The van der Waals surface area contributed by atoms with Crippen LogP contribution in [0.1, 0.15) is 12.5 Å². The Bertz CT molecular complexity index is 1300. The normalized spacial score (nSPS) is 11.5. The number of carbonyl (C=O) groups is 1. The first kappa shape index (κ1) is 24.8. The van der Waals surface area contributed by atoms with Crippen molar-refractivity contribution in [3.8, 4) is 0 Å². The fourth-order valence-electron chi connectivity index (χ4n) is 3.11. The number of amides is 1. The molecule has 0 aliphatic rings. The van der Waals surface area contributed by atoms with E-state index in [1.54, 1.807) is 19.1 Å². The first-order valence-electron chi connectivity index (χ1n) is 10.9. The van der Waals surface area contributed by atoms with Crippen molar-refractivity contribution in [2.45, 2.75) is 19.9 Å². The van der Waals surface area contributed by atoms with Gasteiger partial charge >= 0.3 is 0 Å². The summed E-state index contributed by atoms with van der Waals surface area (Å²) in [5, 5.41) is 12.2. The molecule has 1 heterocycles. The zero-order valence-corrected chi connectivity index (χ0v) is 20.1. The monoisotopic (exact) mass is 509 g/mol. The van der Waals surface area contributed by atoms with E-state index in [1.165, 1.54) is 48.5 Å². The Labute approximate surface area is 211 Å². The highest BCUT2D eigenvalue weighted by atomic mass is 35.5. The van der Waals surface area contributed by atoms with Crippen molar-refractivity contribution in [1.29, 1.82) is 0 Å². The van der Waals surface area contributed by atoms with Gasteiger partial charge in [0.05, 0.1) is 0 Å². The summed E-state index contributed by atoms with van der Waals surface area (Å²) >= 11 is 6.05. The summed E-state index contributed by atoms with van der Waals surface area (Å²) in [5.41, 5.74) is 2.54. The predicted molar refractivity (Wildman–Crippen MR) is 137 cm³/mol. The van der Waals surface area contributed by atoms with Crippen LogP contribution in [-0.2, 0) is 4.79 Å². The number of nitrogens with zero attached hydrogens (tertiary/aromatic N) is 3. The minimum Gasteiger partial charge on any atom is -0.342 e. The molecule has 0 spiro atoms. The van der Waals surface area contributed by atoms with Crippen LogP contribution in [0.5, 0.6) is 0 Å². The maximum Gasteiger partial charge on any atom is 0.246 e. The maximum absolute atomic E-state index is 13.3. The lowest BCUT2D eigenvalue weighted by atomic mass is 10.2. The molecule has 4 rings (SSSR count). The summed E-state index contributed by atoms with van der Waals surface area (Å²) in [5.74, 6) is -0.713. The molecule has 0 bridgehead atoms. The second-order valence-electron chi connectivity index (χ2n) is 7.88. The van der Waals surface area contributed by atoms with Crippen LogP contribution in [0.15, 0.2) is 66.7 Å². The molecule has 0 saturated carbocycles. The van der Waals surface area contributed by atoms with Gasteiger partial charge in [0.15, 0.2) is 0 Å². The van der Waals surface area contributed by atoms with E-state index in [9.17, 15) is 13.6 Å². The van der Waals surface area contributed by atoms with Gasteiger partial charge in [-0.1, -0.05) is 17.7 Å². The van der Waals surface area contributed by atoms with Crippen LogP contribution in [0, 0.1) is 18.6 Å². The van der Waals surface area contributed by atoms with Gasteiger partial charge in [-0.25, -0.2) is 8.78 Å². The molecule has 1 atom stereocenters. The van der Waals surface area contributed by atoms with Gasteiger partial charge in [-0.3, -0.25) is 4.79 Å². The Balaban J connectivity index is 1.56. The highest BCUT2D eigenvalue weighted by molar-refractivity contribution is 6.31. The van der Waals surface area contributed by atoms with Crippen LogP contribution in [0.2, 0.25) is 5.02 Å². The molecular formula is C25H22ClF2N7O. The summed E-state index contributed by atoms with van der Waals surface area (Å²) in [6.45, 7) is 3.51. The van der Waals surface area contributed by atoms with Crippen LogP contribution in [0.25, 0.3) is 0 Å². The fraction of sp³-hybridized carbons (Fsp3) is 0.120. The number of hydrogen-bond donors (Lipinski definition) is 4. The predicted octanol–water partition coefficient (Wildman–Crippen LogP) is 6.04. The van der Waals surface area contributed by atoms with Crippen LogP contribution in [0.4, 0.5) is 43.7 Å². The van der Waals surface area contributed by atoms with Crippen molar-refractivity contribution < 1.29 is 13.6 Å². The van der Waals surface area contributed by atoms with Crippen molar-refractivity contribution in [2.24, 2.45) is 0 Å². The van der Waals surface area contributed by atoms with Crippen molar-refractivity contribution in [3.63, 3.8) is 0 Å². The molecule has 11 heteroatoms. The molecular weight excluding hydrogens is 488 g/mol. The number of anilines is 6. The molecule has 1 amide bonds. The summed E-state index contributed by atoms with van der Waals surface area (Å²) in [6, 6.07) is 15.8. The zero-order chi connectivity index (χ0) is 25.7. The average molecular weight is 510 g/mol. The minimum absolute atomic E-state index is 0.102. The van der Waals surface area contributed by atoms with Crippen molar-refractivity contribution in [2.75, 3.05) is 21.3 Å². The SMILES string of the molecule is Cc1ccc(Cl)cc1NC(=O)[C@H](C)Nc1nc(Nc2ccc(F)cc2)nc(Nc2ccc(F)cc2)n1. The third-order valence-corrected chi connectivity index (χ3v) is 5.27. The summed E-state index contributed by atoms with van der Waals surface area (Å²) in [6.07, 6.45) is 0. The number of halogens is 3. The molecule has 0 aliphatic heterocycles. The smallest absolute Gasteiger partial charge is 0.246 e. The lowest BCUT2D eigenvalue weighted by Crippen LogP contribution is -2.33. The molecule has 1 aromatic heterocycles. The van der Waals surface area contributed by atoms with E-state index in [1.807, 2.05) is 13.0 Å². The lowest BCUT2D eigenvalue weighted by Gasteiger charge is -2.17. The van der Waals surface area contributed by atoms with E-state index < -0.39 is 6.04 Å². The van der Waals surface area contributed by atoms with E-state index in [2.05, 4.69) is 36.2 Å². The van der Waals surface area contributed by atoms with Gasteiger partial charge in [-0.15, -0.1) is 0 Å². The molecule has 4 N–H and O–H groups in total. The van der Waals surface area contributed by atoms with Crippen molar-refractivity contribution in [1.82, 2.24) is 15.0 Å². The average Bonchev–Trinajstić information content (AvgIpc) is 2.84. The van der Waals surface area contributed by atoms with Gasteiger partial charge in [-0.2, -0.15) is 15.0 Å². The fourth-order valence-corrected chi connectivity index (χ4v) is 3.28. The first-order valence-corrected chi connectivity index (χ1v) is 11.3. The van der Waals surface area contributed by atoms with Crippen LogP contribution >= 0.6 is 11.6 Å². The number of nitrogens with one attached hydrogen (secondary N) is 4. The molecule has 184 valence electrons. The molecule has 3 aromatic carbocycles. The molecule has 0 radical (unpaired) electrons. The maximum atomic E-state index is 13.3. The lowest BCUT2D eigenvalue weighted by molar-refractivity contribution is -0.116. The molecule has 36 heavy (non-hydrogen) atoms. The Morgan fingerprint density at radius 3 is 1.83 bits per heavy atom. The Hall–Kier alpha value is -4.31. The Morgan fingerprint density at radius 1 is 0.806 bits per heavy atom. The van der Waals surface area contributed by atoms with Gasteiger partial charge in [0.2, 0.25) is 23.8 Å². The van der Waals surface area contributed by atoms with E-state index >= 15 is 0 Å². The van der Waals surface area contributed by atoms with E-state index in [-0.39, 0.29) is 35.4 Å². The van der Waals surface area contributed by atoms with Gasteiger partial charge in [0.1, 0.15) is 17.7 Å². The number of hydrogen-bond acceptors (Lipinski definition) is 7. The Kier molecular flexibility index (Phi) is 7.55. The highest BCUT2D eigenvalue weighted by Gasteiger charge is 2.17. The van der Waals surface area contributed by atoms with E-state index in [0.29, 0.717) is 22.1 Å². The highest BCUT2D eigenvalue weighted by Crippen LogP contribution is 2.22. The van der Waals surface area contributed by atoms with Crippen molar-refractivity contribution >= 4 is 52.4 Å². The Morgan fingerprint density at radius 2 is 1.31 bits per heavy atom. The third-order valence-electron chi connectivity index (χ3n) is 5.03. The molecule has 8 nitrogen and oxygen atoms in total. The van der Waals surface area contributed by atoms with E-state index in [4.69, 9.17) is 11.6 Å². The summed E-state index contributed by atoms with van der Waals surface area (Å²) in [4.78, 5) is 25.8. The topological polar surface area (TPSA) is 104 Å². The van der Waals surface area contributed by atoms with Gasteiger partial charge < -0.3 is 21.3 Å². The minimum atomic E-state index is -0.733. The molecule has 0 aliphatic carbocycles. The third kappa shape index (κ3) is 6.63. The largest absolute Gasteiger partial charge is 0.342 e. The molecule has 0 fully saturated rings. The van der Waals surface area contributed by atoms with Crippen LogP contribution in [-0.4, -0.2) is 26.9 Å². The molecule has 4 aromatic rings. The van der Waals surface area contributed by atoms with Gasteiger partial charge in [0, 0.05) is 22.1 Å². The number of benzene rings is 3. The van der Waals surface area contributed by atoms with Gasteiger partial charge in [-0.05, 0) is 80.1 Å². The summed E-state index contributed by atoms with van der Waals surface area (Å²) in [7, 11) is 0. The number of aryl methyl sites for hydroxylation is 1. The number of rotatable bonds is 8. The molecule has 0 saturated heterocycles. The van der Waals surface area contributed by atoms with E-state index in [0.717, 1.165) is 5.56 Å². The van der Waals surface area contributed by atoms with Crippen LogP contribution in [0.3, 0.4) is 0 Å². The van der Waals surface area contributed by atoms with Gasteiger partial charge in [0.25, 0.3) is 0 Å². The second-order valence-corrected chi connectivity index (χ2v) is 8.32. The first-order chi connectivity index (χ1) is 17.2. The summed E-state index contributed by atoms with van der Waals surface area (Å²) < 4.78 is 26.6. The van der Waals surface area contributed by atoms with Crippen LogP contribution < -0.4 is 21.3 Å².